The lowest BCUT2D eigenvalue weighted by atomic mass is 10.1. The van der Waals surface area contributed by atoms with E-state index in [2.05, 4.69) is 20.8 Å². The number of H-pyrrole nitrogens is 1. The summed E-state index contributed by atoms with van der Waals surface area (Å²) < 4.78 is 0. The Morgan fingerprint density at radius 1 is 1.18 bits per heavy atom. The van der Waals surface area contributed by atoms with E-state index < -0.39 is 0 Å². The number of benzene rings is 2. The third-order valence-electron chi connectivity index (χ3n) is 3.66. The zero-order valence-electron chi connectivity index (χ0n) is 12.6. The molecule has 3 N–H and O–H groups in total. The maximum Gasteiger partial charge on any atom is 0.319 e. The zero-order chi connectivity index (χ0) is 15.5. The number of hydrogen-bond donors (Lipinski definition) is 3. The largest absolute Gasteiger partial charge is 0.331 e. The fourth-order valence-electron chi connectivity index (χ4n) is 2.37. The molecule has 0 aliphatic rings. The number of rotatable bonds is 3. The molecule has 0 aliphatic heterocycles. The first-order chi connectivity index (χ1) is 10.6. The van der Waals surface area contributed by atoms with Gasteiger partial charge in [-0.05, 0) is 31.5 Å². The second kappa shape index (κ2) is 5.89. The Kier molecular flexibility index (Phi) is 3.78. The van der Waals surface area contributed by atoms with E-state index in [9.17, 15) is 4.79 Å². The van der Waals surface area contributed by atoms with Gasteiger partial charge in [0.2, 0.25) is 0 Å². The van der Waals surface area contributed by atoms with Gasteiger partial charge in [0.15, 0.2) is 0 Å². The van der Waals surface area contributed by atoms with Crippen molar-refractivity contribution in [3.05, 3.63) is 59.8 Å². The molecule has 0 saturated carbocycles. The van der Waals surface area contributed by atoms with E-state index in [1.54, 1.807) is 6.20 Å². The molecule has 5 nitrogen and oxygen atoms in total. The van der Waals surface area contributed by atoms with Gasteiger partial charge < -0.3 is 10.6 Å². The summed E-state index contributed by atoms with van der Waals surface area (Å²) in [7, 11) is 0. The zero-order valence-corrected chi connectivity index (χ0v) is 12.6. The Labute approximate surface area is 128 Å². The Bertz CT molecular complexity index is 792. The number of aromatic nitrogens is 2. The molecule has 0 bridgehead atoms. The monoisotopic (exact) mass is 294 g/mol. The fraction of sp³-hybridized carbons (Fsp3) is 0.176. The van der Waals surface area contributed by atoms with E-state index in [1.807, 2.05) is 56.3 Å². The molecule has 22 heavy (non-hydrogen) atoms. The SMILES string of the molecule is Cc1ccc([C@H](C)NC(=O)Nc2cccc3[nH]ncc23)cc1. The summed E-state index contributed by atoms with van der Waals surface area (Å²) in [5.41, 5.74) is 3.90. The molecule has 0 unspecified atom stereocenters. The number of carbonyl (C=O) groups excluding carboxylic acids is 1. The normalized spacial score (nSPS) is 12.1. The Hall–Kier alpha value is -2.82. The molecule has 2 amide bonds. The first kappa shape index (κ1) is 14.1. The summed E-state index contributed by atoms with van der Waals surface area (Å²) in [4.78, 5) is 12.2. The summed E-state index contributed by atoms with van der Waals surface area (Å²) in [6.07, 6.45) is 1.70. The van der Waals surface area contributed by atoms with Crippen LogP contribution in [0.4, 0.5) is 10.5 Å². The van der Waals surface area contributed by atoms with Crippen LogP contribution in [0.15, 0.2) is 48.7 Å². The molecule has 0 aliphatic carbocycles. The van der Waals surface area contributed by atoms with Crippen LogP contribution >= 0.6 is 0 Å². The van der Waals surface area contributed by atoms with Crippen molar-refractivity contribution in [2.24, 2.45) is 0 Å². The topological polar surface area (TPSA) is 69.8 Å². The highest BCUT2D eigenvalue weighted by Crippen LogP contribution is 2.21. The number of carbonyl (C=O) groups is 1. The van der Waals surface area contributed by atoms with Crippen molar-refractivity contribution in [3.63, 3.8) is 0 Å². The Morgan fingerprint density at radius 3 is 2.73 bits per heavy atom. The maximum atomic E-state index is 12.2. The number of fused-ring (bicyclic) bond motifs is 1. The molecule has 0 spiro atoms. The minimum atomic E-state index is -0.234. The second-order valence-electron chi connectivity index (χ2n) is 5.37. The lowest BCUT2D eigenvalue weighted by Crippen LogP contribution is -2.31. The summed E-state index contributed by atoms with van der Waals surface area (Å²) >= 11 is 0. The van der Waals surface area contributed by atoms with E-state index >= 15 is 0 Å². The highest BCUT2D eigenvalue weighted by molar-refractivity contribution is 6.00. The Balaban J connectivity index is 1.69. The summed E-state index contributed by atoms with van der Waals surface area (Å²) in [6.45, 7) is 4.00. The standard InChI is InChI=1S/C17H18N4O/c1-11-6-8-13(9-7-11)12(2)19-17(22)20-15-4-3-5-16-14(15)10-18-21-16/h3-10,12H,1-2H3,(H,18,21)(H2,19,20,22)/t12-/m0/s1. The molecule has 2 aromatic carbocycles. The van der Waals surface area contributed by atoms with Crippen molar-refractivity contribution in [1.29, 1.82) is 0 Å². The van der Waals surface area contributed by atoms with Gasteiger partial charge in [-0.3, -0.25) is 5.10 Å². The molecule has 0 saturated heterocycles. The molecule has 1 atom stereocenters. The molecule has 5 heteroatoms. The molecule has 0 radical (unpaired) electrons. The number of amides is 2. The lowest BCUT2D eigenvalue weighted by Gasteiger charge is -2.15. The second-order valence-corrected chi connectivity index (χ2v) is 5.37. The van der Waals surface area contributed by atoms with Gasteiger partial charge in [-0.2, -0.15) is 5.10 Å². The van der Waals surface area contributed by atoms with Gasteiger partial charge in [0.25, 0.3) is 0 Å². The van der Waals surface area contributed by atoms with E-state index in [4.69, 9.17) is 0 Å². The van der Waals surface area contributed by atoms with E-state index in [1.165, 1.54) is 5.56 Å². The number of anilines is 1. The van der Waals surface area contributed by atoms with Crippen molar-refractivity contribution >= 4 is 22.6 Å². The molecule has 3 rings (SSSR count). The van der Waals surface area contributed by atoms with Crippen LogP contribution < -0.4 is 10.6 Å². The number of nitrogens with zero attached hydrogens (tertiary/aromatic N) is 1. The van der Waals surface area contributed by atoms with Gasteiger partial charge in [-0.15, -0.1) is 0 Å². The van der Waals surface area contributed by atoms with Crippen LogP contribution in [0, 0.1) is 6.92 Å². The number of hydrogen-bond acceptors (Lipinski definition) is 2. The quantitative estimate of drug-likeness (QED) is 0.688. The van der Waals surface area contributed by atoms with E-state index in [0.717, 1.165) is 22.2 Å². The summed E-state index contributed by atoms with van der Waals surface area (Å²) in [5.74, 6) is 0. The molecule has 112 valence electrons. The van der Waals surface area contributed by atoms with Gasteiger partial charge in [-0.25, -0.2) is 4.79 Å². The summed E-state index contributed by atoms with van der Waals surface area (Å²) in [6, 6.07) is 13.5. The predicted molar refractivity (Wildman–Crippen MR) is 87.8 cm³/mol. The predicted octanol–water partition coefficient (Wildman–Crippen LogP) is 3.75. The van der Waals surface area contributed by atoms with Crippen molar-refractivity contribution in [2.75, 3.05) is 5.32 Å². The molecular weight excluding hydrogens is 276 g/mol. The van der Waals surface area contributed by atoms with Crippen LogP contribution in [0.3, 0.4) is 0 Å². The number of aromatic amines is 1. The molecule has 3 aromatic rings. The van der Waals surface area contributed by atoms with Gasteiger partial charge in [0.1, 0.15) is 0 Å². The fourth-order valence-corrected chi connectivity index (χ4v) is 2.37. The van der Waals surface area contributed by atoms with Crippen LogP contribution in [-0.4, -0.2) is 16.2 Å². The van der Waals surface area contributed by atoms with Crippen molar-refractivity contribution in [2.45, 2.75) is 19.9 Å². The van der Waals surface area contributed by atoms with Crippen LogP contribution in [0.1, 0.15) is 24.1 Å². The maximum absolute atomic E-state index is 12.2. The van der Waals surface area contributed by atoms with E-state index in [-0.39, 0.29) is 12.1 Å². The molecule has 0 fully saturated rings. The molecular formula is C17H18N4O. The van der Waals surface area contributed by atoms with E-state index in [0.29, 0.717) is 0 Å². The minimum absolute atomic E-state index is 0.0656. The van der Waals surface area contributed by atoms with Crippen LogP contribution in [0.25, 0.3) is 10.9 Å². The average molecular weight is 294 g/mol. The first-order valence-corrected chi connectivity index (χ1v) is 7.19. The third kappa shape index (κ3) is 2.93. The molecule has 1 aromatic heterocycles. The van der Waals surface area contributed by atoms with Crippen LogP contribution in [0.2, 0.25) is 0 Å². The van der Waals surface area contributed by atoms with Gasteiger partial charge in [0, 0.05) is 5.39 Å². The van der Waals surface area contributed by atoms with Crippen LogP contribution in [-0.2, 0) is 0 Å². The number of urea groups is 1. The Morgan fingerprint density at radius 2 is 1.95 bits per heavy atom. The van der Waals surface area contributed by atoms with Crippen molar-refractivity contribution < 1.29 is 4.79 Å². The van der Waals surface area contributed by atoms with Gasteiger partial charge in [0.05, 0.1) is 23.4 Å². The average Bonchev–Trinajstić information content (AvgIpc) is 2.97. The highest BCUT2D eigenvalue weighted by Gasteiger charge is 2.11. The minimum Gasteiger partial charge on any atom is -0.331 e. The lowest BCUT2D eigenvalue weighted by molar-refractivity contribution is 0.249. The highest BCUT2D eigenvalue weighted by atomic mass is 16.2. The summed E-state index contributed by atoms with van der Waals surface area (Å²) in [5, 5.41) is 13.6. The smallest absolute Gasteiger partial charge is 0.319 e. The third-order valence-corrected chi connectivity index (χ3v) is 3.66. The number of aryl methyl sites for hydroxylation is 1. The van der Waals surface area contributed by atoms with Crippen LogP contribution in [0.5, 0.6) is 0 Å². The van der Waals surface area contributed by atoms with Crippen molar-refractivity contribution in [1.82, 2.24) is 15.5 Å². The van der Waals surface area contributed by atoms with Gasteiger partial charge in [-0.1, -0.05) is 35.9 Å². The number of nitrogens with one attached hydrogen (secondary N) is 3. The molecule has 1 heterocycles. The van der Waals surface area contributed by atoms with Crippen molar-refractivity contribution in [3.8, 4) is 0 Å². The van der Waals surface area contributed by atoms with Gasteiger partial charge >= 0.3 is 6.03 Å². The first-order valence-electron chi connectivity index (χ1n) is 7.19.